The van der Waals surface area contributed by atoms with Crippen LogP contribution in [0.4, 0.5) is 0 Å². The summed E-state index contributed by atoms with van der Waals surface area (Å²) in [6, 6.07) is 18.5. The normalized spacial score (nSPS) is 11.2. The van der Waals surface area contributed by atoms with Crippen LogP contribution in [-0.2, 0) is 20.8 Å². The van der Waals surface area contributed by atoms with Gasteiger partial charge >= 0.3 is 17.6 Å². The quantitative estimate of drug-likeness (QED) is 0.462. The highest BCUT2D eigenvalue weighted by Crippen LogP contribution is 2.32. The van der Waals surface area contributed by atoms with Crippen LogP contribution < -0.4 is 5.69 Å². The van der Waals surface area contributed by atoms with Gasteiger partial charge in [0.1, 0.15) is 12.2 Å². The molecule has 158 valence electrons. The fourth-order valence-electron chi connectivity index (χ4n) is 3.72. The van der Waals surface area contributed by atoms with Crippen molar-refractivity contribution < 1.29 is 19.1 Å². The molecule has 31 heavy (non-hydrogen) atoms. The molecule has 7 heteroatoms. The average molecular weight is 418 g/mol. The Morgan fingerprint density at radius 1 is 1.00 bits per heavy atom. The number of rotatable bonds is 5. The predicted molar refractivity (Wildman–Crippen MR) is 117 cm³/mol. The maximum absolute atomic E-state index is 13.6. The monoisotopic (exact) mass is 418 g/mol. The number of ether oxygens (including phenoxy) is 2. The van der Waals surface area contributed by atoms with Crippen LogP contribution in [-0.4, -0.2) is 34.1 Å². The summed E-state index contributed by atoms with van der Waals surface area (Å²) in [7, 11) is 1.27. The average Bonchev–Trinajstić information content (AvgIpc) is 3.18. The number of aromatic nitrogens is 2. The fourth-order valence-corrected chi connectivity index (χ4v) is 3.72. The smallest absolute Gasteiger partial charge is 0.355 e. The molecule has 7 nitrogen and oxygen atoms in total. The summed E-state index contributed by atoms with van der Waals surface area (Å²) in [4.78, 5) is 38.5. The number of hydrogen-bond donors (Lipinski definition) is 0. The lowest BCUT2D eigenvalue weighted by Gasteiger charge is -2.13. The first-order chi connectivity index (χ1) is 14.9. The van der Waals surface area contributed by atoms with E-state index in [0.717, 1.165) is 16.5 Å². The third kappa shape index (κ3) is 3.59. The molecule has 0 bridgehead atoms. The summed E-state index contributed by atoms with van der Waals surface area (Å²) in [5, 5.41) is 0.730. The Morgan fingerprint density at radius 2 is 1.68 bits per heavy atom. The molecule has 0 saturated carbocycles. The lowest BCUT2D eigenvalue weighted by atomic mass is 10.0. The Hall–Kier alpha value is -3.87. The second-order valence-electron chi connectivity index (χ2n) is 7.41. The molecule has 4 aromatic rings. The highest BCUT2D eigenvalue weighted by atomic mass is 16.5. The third-order valence-electron chi connectivity index (χ3n) is 5.02. The number of para-hydroxylation sites is 1. The van der Waals surface area contributed by atoms with Crippen molar-refractivity contribution in [1.82, 2.24) is 8.97 Å². The van der Waals surface area contributed by atoms with E-state index in [0.29, 0.717) is 11.0 Å². The second-order valence-corrected chi connectivity index (χ2v) is 7.41. The molecule has 0 aliphatic heterocycles. The molecular weight excluding hydrogens is 396 g/mol. The molecule has 2 heterocycles. The van der Waals surface area contributed by atoms with Gasteiger partial charge in [-0.1, -0.05) is 48.5 Å². The number of nitrogens with zero attached hydrogens (tertiary/aromatic N) is 2. The van der Waals surface area contributed by atoms with E-state index in [1.165, 1.54) is 16.1 Å². The highest BCUT2D eigenvalue weighted by Gasteiger charge is 2.24. The van der Waals surface area contributed by atoms with Gasteiger partial charge in [0.15, 0.2) is 0 Å². The van der Waals surface area contributed by atoms with Crippen molar-refractivity contribution in [3.63, 3.8) is 0 Å². The summed E-state index contributed by atoms with van der Waals surface area (Å²) < 4.78 is 12.8. The van der Waals surface area contributed by atoms with Crippen molar-refractivity contribution in [1.29, 1.82) is 0 Å². The van der Waals surface area contributed by atoms with E-state index in [4.69, 9.17) is 9.47 Å². The van der Waals surface area contributed by atoms with Gasteiger partial charge in [0.05, 0.1) is 24.2 Å². The van der Waals surface area contributed by atoms with Crippen LogP contribution in [0.25, 0.3) is 27.5 Å². The molecule has 0 fully saturated rings. The Labute approximate surface area is 178 Å². The van der Waals surface area contributed by atoms with E-state index in [2.05, 4.69) is 0 Å². The molecule has 4 rings (SSSR count). The van der Waals surface area contributed by atoms with Gasteiger partial charge < -0.3 is 9.47 Å². The van der Waals surface area contributed by atoms with E-state index in [1.54, 1.807) is 32.0 Å². The van der Waals surface area contributed by atoms with Gasteiger partial charge in [0.2, 0.25) is 0 Å². The van der Waals surface area contributed by atoms with E-state index in [1.807, 2.05) is 42.5 Å². The highest BCUT2D eigenvalue weighted by molar-refractivity contribution is 6.05. The van der Waals surface area contributed by atoms with Crippen LogP contribution in [0, 0.1) is 0 Å². The van der Waals surface area contributed by atoms with Crippen LogP contribution in [0.1, 0.15) is 24.3 Å². The van der Waals surface area contributed by atoms with E-state index < -0.39 is 17.6 Å². The Kier molecular flexibility index (Phi) is 5.33. The number of hydrogen-bond acceptors (Lipinski definition) is 5. The Balaban J connectivity index is 2.15. The SMILES string of the molecule is COC(=O)Cn1c(=O)n2c(C(=O)OC(C)C)cc(-c3ccccc3)c2c2ccccc21. The zero-order valence-electron chi connectivity index (χ0n) is 17.5. The maximum Gasteiger partial charge on any atom is 0.355 e. The van der Waals surface area contributed by atoms with Gasteiger partial charge in [-0.25, -0.2) is 9.59 Å². The van der Waals surface area contributed by atoms with Crippen LogP contribution >= 0.6 is 0 Å². The fraction of sp³-hybridized carbons (Fsp3) is 0.208. The van der Waals surface area contributed by atoms with Crippen LogP contribution in [0.5, 0.6) is 0 Å². The summed E-state index contributed by atoms with van der Waals surface area (Å²) >= 11 is 0. The van der Waals surface area contributed by atoms with Gasteiger partial charge in [0.25, 0.3) is 0 Å². The third-order valence-corrected chi connectivity index (χ3v) is 5.02. The molecule has 0 atom stereocenters. The first kappa shape index (κ1) is 20.4. The number of esters is 2. The molecule has 0 aliphatic carbocycles. The minimum absolute atomic E-state index is 0.108. The lowest BCUT2D eigenvalue weighted by molar-refractivity contribution is -0.141. The molecule has 2 aromatic carbocycles. The summed E-state index contributed by atoms with van der Waals surface area (Å²) in [5.74, 6) is -1.17. The van der Waals surface area contributed by atoms with Gasteiger partial charge in [-0.3, -0.25) is 13.8 Å². The predicted octanol–water partition coefficient (Wildman–Crippen LogP) is 3.66. The van der Waals surface area contributed by atoms with E-state index >= 15 is 0 Å². The van der Waals surface area contributed by atoms with Gasteiger partial charge in [-0.05, 0) is 31.5 Å². The summed E-state index contributed by atoms with van der Waals surface area (Å²) in [5.41, 5.74) is 2.34. The first-order valence-corrected chi connectivity index (χ1v) is 9.92. The summed E-state index contributed by atoms with van der Waals surface area (Å²) in [6.45, 7) is 3.22. The number of carbonyl (C=O) groups excluding carboxylic acids is 2. The minimum Gasteiger partial charge on any atom is -0.468 e. The van der Waals surface area contributed by atoms with Crippen molar-refractivity contribution in [2.45, 2.75) is 26.5 Å². The zero-order valence-corrected chi connectivity index (χ0v) is 17.5. The largest absolute Gasteiger partial charge is 0.468 e. The van der Waals surface area contributed by atoms with Crippen molar-refractivity contribution in [3.05, 3.63) is 76.8 Å². The Morgan fingerprint density at radius 3 is 2.35 bits per heavy atom. The minimum atomic E-state index is -0.607. The van der Waals surface area contributed by atoms with Crippen molar-refractivity contribution in [3.8, 4) is 11.1 Å². The lowest BCUT2D eigenvalue weighted by Crippen LogP contribution is -2.32. The van der Waals surface area contributed by atoms with Crippen molar-refractivity contribution >= 4 is 28.4 Å². The van der Waals surface area contributed by atoms with Gasteiger partial charge in [0, 0.05) is 10.9 Å². The van der Waals surface area contributed by atoms with Gasteiger partial charge in [-0.15, -0.1) is 0 Å². The molecule has 2 aromatic heterocycles. The first-order valence-electron chi connectivity index (χ1n) is 9.92. The maximum atomic E-state index is 13.6. The van der Waals surface area contributed by atoms with Crippen molar-refractivity contribution in [2.24, 2.45) is 0 Å². The molecule has 0 saturated heterocycles. The van der Waals surface area contributed by atoms with E-state index in [-0.39, 0.29) is 18.3 Å². The molecule has 0 N–H and O–H groups in total. The standard InChI is InChI=1S/C24H22N2O5/c1-15(2)31-23(28)20-13-18(16-9-5-4-6-10-16)22-17-11-7-8-12-19(17)25(14-21(27)30-3)24(29)26(20)22/h4-13,15H,14H2,1-3H3. The molecule has 0 unspecified atom stereocenters. The number of carbonyl (C=O) groups is 2. The molecule has 0 amide bonds. The van der Waals surface area contributed by atoms with Crippen LogP contribution in [0.15, 0.2) is 65.5 Å². The molecule has 0 spiro atoms. The molecule has 0 aliphatic rings. The molecular formula is C24H22N2O5. The Bertz CT molecular complexity index is 1350. The number of fused-ring (bicyclic) bond motifs is 3. The zero-order chi connectivity index (χ0) is 22.1. The second kappa shape index (κ2) is 8.10. The van der Waals surface area contributed by atoms with Crippen LogP contribution in [0.2, 0.25) is 0 Å². The van der Waals surface area contributed by atoms with Gasteiger partial charge in [-0.2, -0.15) is 0 Å². The van der Waals surface area contributed by atoms with E-state index in [9.17, 15) is 14.4 Å². The van der Waals surface area contributed by atoms with Crippen LogP contribution in [0.3, 0.4) is 0 Å². The summed E-state index contributed by atoms with van der Waals surface area (Å²) in [6.07, 6.45) is -0.351. The topological polar surface area (TPSA) is 79.0 Å². The number of benzene rings is 2. The van der Waals surface area contributed by atoms with Crippen molar-refractivity contribution in [2.75, 3.05) is 7.11 Å². The number of methoxy groups -OCH3 is 1. The molecule has 0 radical (unpaired) electrons.